The predicted octanol–water partition coefficient (Wildman–Crippen LogP) is 1.35. The Labute approximate surface area is 69.4 Å². The minimum Gasteiger partial charge on any atom is -0.457 e. The lowest BCUT2D eigenvalue weighted by molar-refractivity contribution is 0.0399. The van der Waals surface area contributed by atoms with Crippen molar-refractivity contribution in [3.63, 3.8) is 0 Å². The van der Waals surface area contributed by atoms with Crippen LogP contribution in [0.15, 0.2) is 22.8 Å². The van der Waals surface area contributed by atoms with Gasteiger partial charge in [-0.15, -0.1) is 0 Å². The van der Waals surface area contributed by atoms with E-state index >= 15 is 0 Å². The lowest BCUT2D eigenvalue weighted by Gasteiger charge is -2.02. The van der Waals surface area contributed by atoms with Crippen LogP contribution in [-0.2, 0) is 4.74 Å². The smallest absolute Gasteiger partial charge is 0.375 e. The van der Waals surface area contributed by atoms with Gasteiger partial charge in [0.25, 0.3) is 0 Å². The van der Waals surface area contributed by atoms with Gasteiger partial charge in [0, 0.05) is 0 Å². The molecule has 0 saturated heterocycles. The third-order valence-corrected chi connectivity index (χ3v) is 1.19. The molecule has 1 atom stereocenters. The molecule has 0 aliphatic carbocycles. The average molecular weight is 165 g/mol. The standard InChI is InChI=1S/C8H7NO3/c1-6(5-9)12-8(10)7-3-2-4-11-7/h2-4,6H,1H3. The van der Waals surface area contributed by atoms with E-state index in [1.54, 1.807) is 12.1 Å². The molecule has 0 aromatic carbocycles. The summed E-state index contributed by atoms with van der Waals surface area (Å²) in [7, 11) is 0. The fourth-order valence-corrected chi connectivity index (χ4v) is 0.640. The van der Waals surface area contributed by atoms with Crippen LogP contribution >= 0.6 is 0 Å². The molecule has 0 aliphatic rings. The zero-order valence-electron chi connectivity index (χ0n) is 6.48. The summed E-state index contributed by atoms with van der Waals surface area (Å²) in [5.41, 5.74) is 0. The number of rotatable bonds is 2. The number of carbonyl (C=O) groups is 1. The molecule has 4 heteroatoms. The lowest BCUT2D eigenvalue weighted by atomic mass is 10.4. The number of esters is 1. The summed E-state index contributed by atoms with van der Waals surface area (Å²) in [4.78, 5) is 11.0. The van der Waals surface area contributed by atoms with E-state index in [1.807, 2.05) is 0 Å². The zero-order chi connectivity index (χ0) is 8.97. The lowest BCUT2D eigenvalue weighted by Crippen LogP contribution is -2.12. The van der Waals surface area contributed by atoms with Crippen molar-refractivity contribution < 1.29 is 13.9 Å². The van der Waals surface area contributed by atoms with Crippen LogP contribution < -0.4 is 0 Å². The maximum Gasteiger partial charge on any atom is 0.375 e. The van der Waals surface area contributed by atoms with Crippen molar-refractivity contribution in [3.8, 4) is 6.07 Å². The highest BCUT2D eigenvalue weighted by molar-refractivity contribution is 5.86. The molecule has 0 radical (unpaired) electrons. The number of ether oxygens (including phenoxy) is 1. The van der Waals surface area contributed by atoms with Crippen LogP contribution in [0.4, 0.5) is 0 Å². The highest BCUT2D eigenvalue weighted by Crippen LogP contribution is 2.03. The fraction of sp³-hybridized carbons (Fsp3) is 0.250. The summed E-state index contributed by atoms with van der Waals surface area (Å²) in [6, 6.07) is 4.83. The molecule has 1 aromatic rings. The molecule has 1 heterocycles. The number of furan rings is 1. The van der Waals surface area contributed by atoms with Gasteiger partial charge in [-0.25, -0.2) is 4.79 Å². The highest BCUT2D eigenvalue weighted by Gasteiger charge is 2.12. The number of carbonyl (C=O) groups excluding carboxylic acids is 1. The summed E-state index contributed by atoms with van der Waals surface area (Å²) < 4.78 is 9.41. The molecular weight excluding hydrogens is 158 g/mol. The topological polar surface area (TPSA) is 63.2 Å². The SMILES string of the molecule is CC(C#N)OC(=O)c1ccco1. The molecule has 0 N–H and O–H groups in total. The Balaban J connectivity index is 2.57. The molecule has 0 amide bonds. The first-order chi connectivity index (χ1) is 5.74. The molecule has 1 rings (SSSR count). The number of hydrogen-bond donors (Lipinski definition) is 0. The van der Waals surface area contributed by atoms with E-state index in [4.69, 9.17) is 9.68 Å². The predicted molar refractivity (Wildman–Crippen MR) is 39.2 cm³/mol. The molecule has 1 unspecified atom stereocenters. The monoisotopic (exact) mass is 165 g/mol. The summed E-state index contributed by atoms with van der Waals surface area (Å²) in [5.74, 6) is -0.508. The van der Waals surface area contributed by atoms with Gasteiger partial charge in [0.05, 0.1) is 6.26 Å². The van der Waals surface area contributed by atoms with Gasteiger partial charge in [0.1, 0.15) is 6.07 Å². The first-order valence-corrected chi connectivity index (χ1v) is 3.38. The van der Waals surface area contributed by atoms with Gasteiger partial charge in [-0.05, 0) is 19.1 Å². The number of hydrogen-bond acceptors (Lipinski definition) is 4. The number of nitrogens with zero attached hydrogens (tertiary/aromatic N) is 1. The summed E-state index contributed by atoms with van der Waals surface area (Å²) in [6.45, 7) is 1.49. The molecule has 0 fully saturated rings. The van der Waals surface area contributed by atoms with Gasteiger partial charge >= 0.3 is 5.97 Å². The molecule has 0 bridgehead atoms. The summed E-state index contributed by atoms with van der Waals surface area (Å²) >= 11 is 0. The third-order valence-electron chi connectivity index (χ3n) is 1.19. The second-order valence-electron chi connectivity index (χ2n) is 2.15. The van der Waals surface area contributed by atoms with Crippen molar-refractivity contribution in [3.05, 3.63) is 24.2 Å². The molecular formula is C8H7NO3. The Morgan fingerprint density at radius 1 is 1.83 bits per heavy atom. The van der Waals surface area contributed by atoms with Gasteiger partial charge in [-0.1, -0.05) is 0 Å². The van der Waals surface area contributed by atoms with Crippen LogP contribution in [0.3, 0.4) is 0 Å². The average Bonchev–Trinajstić information content (AvgIpc) is 2.56. The maximum absolute atomic E-state index is 11.0. The third kappa shape index (κ3) is 1.86. The van der Waals surface area contributed by atoms with Crippen LogP contribution in [0, 0.1) is 11.3 Å². The van der Waals surface area contributed by atoms with E-state index in [0.717, 1.165) is 0 Å². The molecule has 4 nitrogen and oxygen atoms in total. The van der Waals surface area contributed by atoms with Crippen molar-refractivity contribution in [2.24, 2.45) is 0 Å². The van der Waals surface area contributed by atoms with Crippen molar-refractivity contribution in [2.45, 2.75) is 13.0 Å². The largest absolute Gasteiger partial charge is 0.457 e. The Bertz CT molecular complexity index is 297. The minimum absolute atomic E-state index is 0.108. The Morgan fingerprint density at radius 2 is 2.58 bits per heavy atom. The summed E-state index contributed by atoms with van der Waals surface area (Å²) in [5, 5.41) is 8.32. The van der Waals surface area contributed by atoms with Gasteiger partial charge in [-0.3, -0.25) is 0 Å². The molecule has 12 heavy (non-hydrogen) atoms. The fourth-order valence-electron chi connectivity index (χ4n) is 0.640. The number of nitriles is 1. The van der Waals surface area contributed by atoms with Gasteiger partial charge in [0.2, 0.25) is 5.76 Å². The highest BCUT2D eigenvalue weighted by atomic mass is 16.6. The van der Waals surface area contributed by atoms with Crippen LogP contribution in [0.5, 0.6) is 0 Å². The normalized spacial score (nSPS) is 11.7. The van der Waals surface area contributed by atoms with Gasteiger partial charge < -0.3 is 9.15 Å². The van der Waals surface area contributed by atoms with E-state index < -0.39 is 12.1 Å². The molecule has 1 aromatic heterocycles. The second kappa shape index (κ2) is 3.58. The first-order valence-electron chi connectivity index (χ1n) is 3.38. The first kappa shape index (κ1) is 8.34. The molecule has 62 valence electrons. The van der Waals surface area contributed by atoms with Crippen molar-refractivity contribution in [2.75, 3.05) is 0 Å². The van der Waals surface area contributed by atoms with Crippen molar-refractivity contribution in [1.29, 1.82) is 5.26 Å². The maximum atomic E-state index is 11.0. The Hall–Kier alpha value is -1.76. The van der Waals surface area contributed by atoms with Gasteiger partial charge in [-0.2, -0.15) is 5.26 Å². The van der Waals surface area contributed by atoms with Crippen LogP contribution in [0.25, 0.3) is 0 Å². The molecule has 0 saturated carbocycles. The van der Waals surface area contributed by atoms with E-state index in [9.17, 15) is 4.79 Å². The summed E-state index contributed by atoms with van der Waals surface area (Å²) in [6.07, 6.45) is 0.621. The minimum atomic E-state index is -0.748. The second-order valence-corrected chi connectivity index (χ2v) is 2.15. The van der Waals surface area contributed by atoms with E-state index in [0.29, 0.717) is 0 Å². The van der Waals surface area contributed by atoms with E-state index in [2.05, 4.69) is 4.74 Å². The molecule has 0 aliphatic heterocycles. The van der Waals surface area contributed by atoms with E-state index in [-0.39, 0.29) is 5.76 Å². The van der Waals surface area contributed by atoms with Crippen LogP contribution in [-0.4, -0.2) is 12.1 Å². The molecule has 0 spiro atoms. The van der Waals surface area contributed by atoms with Crippen LogP contribution in [0.1, 0.15) is 17.5 Å². The van der Waals surface area contributed by atoms with Gasteiger partial charge in [0.15, 0.2) is 6.10 Å². The van der Waals surface area contributed by atoms with E-state index in [1.165, 1.54) is 19.3 Å². The van der Waals surface area contributed by atoms with Crippen molar-refractivity contribution in [1.82, 2.24) is 0 Å². The van der Waals surface area contributed by atoms with Crippen LogP contribution in [0.2, 0.25) is 0 Å². The Morgan fingerprint density at radius 3 is 3.08 bits per heavy atom. The Kier molecular flexibility index (Phi) is 2.49. The zero-order valence-corrected chi connectivity index (χ0v) is 6.48. The van der Waals surface area contributed by atoms with Crippen molar-refractivity contribution >= 4 is 5.97 Å². The quantitative estimate of drug-likeness (QED) is 0.620.